The summed E-state index contributed by atoms with van der Waals surface area (Å²) in [4.78, 5) is 3.34. The van der Waals surface area contributed by atoms with E-state index >= 15 is 0 Å². The van der Waals surface area contributed by atoms with E-state index in [0.717, 1.165) is 6.07 Å². The molecule has 14 heavy (non-hydrogen) atoms. The van der Waals surface area contributed by atoms with Crippen LogP contribution in [0.5, 0.6) is 5.75 Å². The monoisotopic (exact) mass is 321 g/mol. The fourth-order valence-electron chi connectivity index (χ4n) is 0.790. The van der Waals surface area contributed by atoms with E-state index in [2.05, 4.69) is 9.72 Å². The zero-order valence-electron chi connectivity index (χ0n) is 6.82. The van der Waals surface area contributed by atoms with Crippen LogP contribution in [0.3, 0.4) is 0 Å². The number of hydrogen-bond acceptors (Lipinski definition) is 2. The molecule has 0 amide bonds. The molecular weight excluding hydrogens is 317 g/mol. The number of aromatic nitrogens is 1. The zero-order valence-corrected chi connectivity index (χ0v) is 8.98. The van der Waals surface area contributed by atoms with Crippen molar-refractivity contribution in [3.05, 3.63) is 21.3 Å². The van der Waals surface area contributed by atoms with Crippen LogP contribution >= 0.6 is 22.6 Å². The highest BCUT2D eigenvalue weighted by Gasteiger charge is 2.32. The minimum absolute atomic E-state index is 0.127. The Kier molecular flexibility index (Phi) is 3.17. The summed E-state index contributed by atoms with van der Waals surface area (Å²) in [6, 6.07) is 1.03. The van der Waals surface area contributed by atoms with Crippen molar-refractivity contribution in [2.75, 3.05) is 0 Å². The lowest BCUT2D eigenvalue weighted by Gasteiger charge is -2.10. The third-order valence-corrected chi connectivity index (χ3v) is 2.21. The molecule has 0 atom stereocenters. The molecule has 1 heterocycles. The standard InChI is InChI=1S/C7H4F4INO/c1-3-2-4(14-7(9,10)11)5(12)6(8)13-3/h2H,1H3. The molecule has 78 valence electrons. The van der Waals surface area contributed by atoms with Gasteiger partial charge in [0.2, 0.25) is 5.95 Å². The van der Waals surface area contributed by atoms with Crippen LogP contribution in [0.25, 0.3) is 0 Å². The number of nitrogens with zero attached hydrogens (tertiary/aromatic N) is 1. The SMILES string of the molecule is Cc1cc(OC(F)(F)F)c(I)c(F)n1. The lowest BCUT2D eigenvalue weighted by Crippen LogP contribution is -2.18. The number of aryl methyl sites for hydroxylation is 1. The third kappa shape index (κ3) is 2.96. The molecule has 0 unspecified atom stereocenters. The van der Waals surface area contributed by atoms with Gasteiger partial charge in [0.05, 0.1) is 0 Å². The number of rotatable bonds is 1. The van der Waals surface area contributed by atoms with Gasteiger partial charge >= 0.3 is 6.36 Å². The van der Waals surface area contributed by atoms with Crippen molar-refractivity contribution in [2.24, 2.45) is 0 Å². The number of hydrogen-bond donors (Lipinski definition) is 0. The summed E-state index contributed by atoms with van der Waals surface area (Å²) < 4.78 is 51.6. The van der Waals surface area contributed by atoms with E-state index in [1.165, 1.54) is 29.5 Å². The van der Waals surface area contributed by atoms with Gasteiger partial charge in [0.1, 0.15) is 9.32 Å². The molecule has 0 aliphatic carbocycles. The second-order valence-corrected chi connectivity index (χ2v) is 3.49. The number of alkyl halides is 3. The summed E-state index contributed by atoms with van der Waals surface area (Å²) in [7, 11) is 0. The van der Waals surface area contributed by atoms with Crippen LogP contribution in [0.4, 0.5) is 17.6 Å². The highest BCUT2D eigenvalue weighted by molar-refractivity contribution is 14.1. The Labute approximate surface area is 90.4 Å². The maximum absolute atomic E-state index is 12.8. The summed E-state index contributed by atoms with van der Waals surface area (Å²) in [5, 5.41) is 0. The van der Waals surface area contributed by atoms with Crippen LogP contribution in [0.15, 0.2) is 6.07 Å². The second-order valence-electron chi connectivity index (χ2n) is 2.41. The molecule has 0 saturated carbocycles. The molecule has 0 aliphatic rings. The van der Waals surface area contributed by atoms with Crippen molar-refractivity contribution in [2.45, 2.75) is 13.3 Å². The van der Waals surface area contributed by atoms with E-state index < -0.39 is 18.1 Å². The summed E-state index contributed by atoms with van der Waals surface area (Å²) in [5.74, 6) is -1.53. The van der Waals surface area contributed by atoms with Crippen LogP contribution in [0, 0.1) is 16.4 Å². The van der Waals surface area contributed by atoms with Crippen molar-refractivity contribution >= 4 is 22.6 Å². The summed E-state index contributed by atoms with van der Waals surface area (Å²) >= 11 is 1.40. The van der Waals surface area contributed by atoms with Gasteiger partial charge in [-0.25, -0.2) is 4.98 Å². The molecule has 1 rings (SSSR count). The average molecular weight is 321 g/mol. The van der Waals surface area contributed by atoms with Crippen molar-refractivity contribution in [1.29, 1.82) is 0 Å². The van der Waals surface area contributed by atoms with E-state index in [1.807, 2.05) is 0 Å². The molecule has 2 nitrogen and oxygen atoms in total. The Hall–Kier alpha value is -0.600. The first kappa shape index (κ1) is 11.5. The van der Waals surface area contributed by atoms with E-state index in [0.29, 0.717) is 0 Å². The maximum atomic E-state index is 12.8. The molecule has 0 aliphatic heterocycles. The molecule has 0 spiro atoms. The van der Waals surface area contributed by atoms with Gasteiger partial charge in [0.25, 0.3) is 0 Å². The molecule has 0 radical (unpaired) electrons. The van der Waals surface area contributed by atoms with Gasteiger partial charge in [-0.1, -0.05) is 0 Å². The lowest BCUT2D eigenvalue weighted by molar-refractivity contribution is -0.275. The molecule has 0 N–H and O–H groups in total. The van der Waals surface area contributed by atoms with Gasteiger partial charge in [-0.3, -0.25) is 0 Å². The smallest absolute Gasteiger partial charge is 0.404 e. The molecular formula is C7H4F4INO. The molecule has 0 bridgehead atoms. The van der Waals surface area contributed by atoms with Gasteiger partial charge < -0.3 is 4.74 Å². The number of halogens is 5. The molecule has 0 fully saturated rings. The van der Waals surface area contributed by atoms with E-state index in [9.17, 15) is 17.6 Å². The maximum Gasteiger partial charge on any atom is 0.573 e. The van der Waals surface area contributed by atoms with E-state index in [-0.39, 0.29) is 9.26 Å². The molecule has 1 aromatic rings. The summed E-state index contributed by atoms with van der Waals surface area (Å²) in [6.07, 6.45) is -4.82. The van der Waals surface area contributed by atoms with Crippen LogP contribution in [0.1, 0.15) is 5.69 Å². The van der Waals surface area contributed by atoms with Crippen molar-refractivity contribution in [3.8, 4) is 5.75 Å². The topological polar surface area (TPSA) is 22.1 Å². The van der Waals surface area contributed by atoms with Gasteiger partial charge in [-0.15, -0.1) is 13.2 Å². The Morgan fingerprint density at radius 3 is 2.50 bits per heavy atom. The molecule has 7 heteroatoms. The normalized spacial score (nSPS) is 11.6. The Morgan fingerprint density at radius 1 is 1.43 bits per heavy atom. The lowest BCUT2D eigenvalue weighted by atomic mass is 10.3. The van der Waals surface area contributed by atoms with Crippen LogP contribution in [-0.2, 0) is 0 Å². The van der Waals surface area contributed by atoms with Crippen LogP contribution in [0.2, 0.25) is 0 Å². The van der Waals surface area contributed by atoms with E-state index in [1.54, 1.807) is 0 Å². The predicted octanol–water partition coefficient (Wildman–Crippen LogP) is 3.03. The summed E-state index contributed by atoms with van der Waals surface area (Å²) in [5.41, 5.74) is 0.127. The second kappa shape index (κ2) is 3.87. The molecule has 1 aromatic heterocycles. The minimum atomic E-state index is -4.82. The fourth-order valence-corrected chi connectivity index (χ4v) is 1.18. The van der Waals surface area contributed by atoms with Crippen molar-refractivity contribution in [1.82, 2.24) is 4.98 Å². The minimum Gasteiger partial charge on any atom is -0.404 e. The highest BCUT2D eigenvalue weighted by Crippen LogP contribution is 2.29. The van der Waals surface area contributed by atoms with Crippen molar-refractivity contribution < 1.29 is 22.3 Å². The first-order valence-electron chi connectivity index (χ1n) is 3.38. The van der Waals surface area contributed by atoms with Gasteiger partial charge in [0, 0.05) is 11.8 Å². The first-order chi connectivity index (χ1) is 6.29. The molecule has 0 saturated heterocycles. The Balaban J connectivity index is 3.09. The fraction of sp³-hybridized carbons (Fsp3) is 0.286. The van der Waals surface area contributed by atoms with E-state index in [4.69, 9.17) is 0 Å². The average Bonchev–Trinajstić information content (AvgIpc) is 1.96. The third-order valence-electron chi connectivity index (χ3n) is 1.24. The van der Waals surface area contributed by atoms with Crippen LogP contribution < -0.4 is 4.74 Å². The quantitative estimate of drug-likeness (QED) is 0.451. The van der Waals surface area contributed by atoms with Gasteiger partial charge in [0.15, 0.2) is 0 Å². The Bertz CT molecular complexity index is 352. The van der Waals surface area contributed by atoms with Gasteiger partial charge in [-0.05, 0) is 29.5 Å². The van der Waals surface area contributed by atoms with Crippen molar-refractivity contribution in [3.63, 3.8) is 0 Å². The van der Waals surface area contributed by atoms with Crippen LogP contribution in [-0.4, -0.2) is 11.3 Å². The first-order valence-corrected chi connectivity index (χ1v) is 4.46. The number of pyridine rings is 1. The van der Waals surface area contributed by atoms with Gasteiger partial charge in [-0.2, -0.15) is 4.39 Å². The molecule has 0 aromatic carbocycles. The predicted molar refractivity (Wildman–Crippen MR) is 48.3 cm³/mol. The zero-order chi connectivity index (χ0) is 10.9. The Morgan fingerprint density at radius 2 is 2.00 bits per heavy atom. The largest absolute Gasteiger partial charge is 0.573 e. The summed E-state index contributed by atoms with van der Waals surface area (Å²) in [6.45, 7) is 1.38. The highest BCUT2D eigenvalue weighted by atomic mass is 127. The number of ether oxygens (including phenoxy) is 1.